The summed E-state index contributed by atoms with van der Waals surface area (Å²) < 4.78 is 13.2. The molecule has 88 valence electrons. The minimum absolute atomic E-state index is 0.177. The van der Waals surface area contributed by atoms with Crippen molar-refractivity contribution < 1.29 is 19.1 Å². The predicted octanol–water partition coefficient (Wildman–Crippen LogP) is 1.45. The van der Waals surface area contributed by atoms with Crippen molar-refractivity contribution in [2.75, 3.05) is 13.6 Å². The summed E-state index contributed by atoms with van der Waals surface area (Å²) in [5.74, 6) is -1.87. The number of likely N-dealkylation sites (N-methyl/N-ethyl adjacent to an activating group) is 1. The van der Waals surface area contributed by atoms with Gasteiger partial charge >= 0.3 is 5.97 Å². The van der Waals surface area contributed by atoms with E-state index in [0.29, 0.717) is 6.42 Å². The highest BCUT2D eigenvalue weighted by Crippen LogP contribution is 2.08. The first-order valence-electron chi connectivity index (χ1n) is 5.09. The molecule has 0 spiro atoms. The lowest BCUT2D eigenvalue weighted by molar-refractivity contribution is -0.145. The second-order valence-corrected chi connectivity index (χ2v) is 3.55. The Balaban J connectivity index is 3.90. The first kappa shape index (κ1) is 13.9. The van der Waals surface area contributed by atoms with Gasteiger partial charge in [0.2, 0.25) is 0 Å². The van der Waals surface area contributed by atoms with Gasteiger partial charge in [-0.25, -0.2) is 4.39 Å². The van der Waals surface area contributed by atoms with Crippen LogP contribution in [-0.2, 0) is 9.59 Å². The molecule has 1 amide bonds. The lowest BCUT2D eigenvalue weighted by atomic mass is 10.1. The van der Waals surface area contributed by atoms with Crippen LogP contribution in [0.5, 0.6) is 0 Å². The van der Waals surface area contributed by atoms with E-state index in [2.05, 4.69) is 0 Å². The molecular weight excluding hydrogens is 201 g/mol. The molecule has 4 nitrogen and oxygen atoms in total. The molecule has 1 N–H and O–H groups in total. The highest BCUT2D eigenvalue weighted by molar-refractivity contribution is 5.84. The van der Waals surface area contributed by atoms with E-state index in [-0.39, 0.29) is 6.42 Å². The fourth-order valence-corrected chi connectivity index (χ4v) is 1.22. The number of nitrogens with zero attached hydrogens (tertiary/aromatic N) is 1. The molecule has 0 bridgehead atoms. The lowest BCUT2D eigenvalue weighted by Gasteiger charge is -2.17. The minimum atomic E-state index is -1.57. The van der Waals surface area contributed by atoms with E-state index in [9.17, 15) is 14.0 Å². The maximum Gasteiger partial charge on any atom is 0.323 e. The molecule has 0 aromatic carbocycles. The monoisotopic (exact) mass is 219 g/mol. The SMILES string of the molecule is CCCCCC(F)C(=O)N(C)CC(=O)O. The van der Waals surface area contributed by atoms with Crippen LogP contribution >= 0.6 is 0 Å². The van der Waals surface area contributed by atoms with E-state index < -0.39 is 24.6 Å². The molecular formula is C10H18FNO3. The molecule has 0 aliphatic heterocycles. The molecule has 0 aliphatic rings. The summed E-state index contributed by atoms with van der Waals surface area (Å²) in [5.41, 5.74) is 0. The van der Waals surface area contributed by atoms with Gasteiger partial charge < -0.3 is 10.0 Å². The van der Waals surface area contributed by atoms with Gasteiger partial charge in [-0.05, 0) is 6.42 Å². The third-order valence-corrected chi connectivity index (χ3v) is 2.08. The topological polar surface area (TPSA) is 57.6 Å². The van der Waals surface area contributed by atoms with Gasteiger partial charge in [-0.2, -0.15) is 0 Å². The number of unbranched alkanes of at least 4 members (excludes halogenated alkanes) is 2. The van der Waals surface area contributed by atoms with E-state index in [1.807, 2.05) is 6.92 Å². The van der Waals surface area contributed by atoms with Crippen LogP contribution in [0.1, 0.15) is 32.6 Å². The highest BCUT2D eigenvalue weighted by atomic mass is 19.1. The number of carboxylic acid groups (broad SMARTS) is 1. The standard InChI is InChI=1S/C10H18FNO3/c1-3-4-5-6-8(11)10(15)12(2)7-9(13)14/h8H,3-7H2,1-2H3,(H,13,14). The zero-order valence-electron chi connectivity index (χ0n) is 9.20. The molecule has 1 atom stereocenters. The quantitative estimate of drug-likeness (QED) is 0.659. The first-order valence-corrected chi connectivity index (χ1v) is 5.09. The van der Waals surface area contributed by atoms with Crippen molar-refractivity contribution in [3.8, 4) is 0 Å². The summed E-state index contributed by atoms with van der Waals surface area (Å²) in [5, 5.41) is 8.41. The Bertz CT molecular complexity index is 221. The van der Waals surface area contributed by atoms with Gasteiger partial charge in [0.1, 0.15) is 6.54 Å². The van der Waals surface area contributed by atoms with E-state index in [1.165, 1.54) is 7.05 Å². The second kappa shape index (κ2) is 7.20. The van der Waals surface area contributed by atoms with Crippen molar-refractivity contribution >= 4 is 11.9 Å². The Hall–Kier alpha value is -1.13. The number of carboxylic acids is 1. The normalized spacial score (nSPS) is 12.2. The van der Waals surface area contributed by atoms with Gasteiger partial charge in [0.05, 0.1) is 0 Å². The van der Waals surface area contributed by atoms with Crippen molar-refractivity contribution in [3.63, 3.8) is 0 Å². The van der Waals surface area contributed by atoms with Gasteiger partial charge in [0.25, 0.3) is 5.91 Å². The fraction of sp³-hybridized carbons (Fsp3) is 0.800. The van der Waals surface area contributed by atoms with Crippen LogP contribution in [0, 0.1) is 0 Å². The number of aliphatic carboxylic acids is 1. The molecule has 0 heterocycles. The Morgan fingerprint density at radius 3 is 2.47 bits per heavy atom. The van der Waals surface area contributed by atoms with Crippen molar-refractivity contribution in [1.82, 2.24) is 4.90 Å². The van der Waals surface area contributed by atoms with Gasteiger partial charge in [-0.1, -0.05) is 26.2 Å². The van der Waals surface area contributed by atoms with Gasteiger partial charge in [-0.3, -0.25) is 9.59 Å². The third kappa shape index (κ3) is 6.04. The molecule has 5 heteroatoms. The molecule has 0 fully saturated rings. The molecule has 0 radical (unpaired) electrons. The minimum Gasteiger partial charge on any atom is -0.480 e. The van der Waals surface area contributed by atoms with Crippen molar-refractivity contribution in [3.05, 3.63) is 0 Å². The van der Waals surface area contributed by atoms with Crippen LogP contribution in [-0.4, -0.2) is 41.6 Å². The smallest absolute Gasteiger partial charge is 0.323 e. The number of alkyl halides is 1. The largest absolute Gasteiger partial charge is 0.480 e. The molecule has 0 aromatic heterocycles. The summed E-state index contributed by atoms with van der Waals surface area (Å²) in [4.78, 5) is 22.4. The van der Waals surface area contributed by atoms with Gasteiger partial charge in [0.15, 0.2) is 6.17 Å². The maximum atomic E-state index is 13.2. The predicted molar refractivity (Wildman–Crippen MR) is 54.3 cm³/mol. The molecule has 15 heavy (non-hydrogen) atoms. The fourth-order valence-electron chi connectivity index (χ4n) is 1.22. The van der Waals surface area contributed by atoms with E-state index in [0.717, 1.165) is 17.7 Å². The average molecular weight is 219 g/mol. The molecule has 1 unspecified atom stereocenters. The van der Waals surface area contributed by atoms with Crippen LogP contribution in [0.15, 0.2) is 0 Å². The summed E-state index contributed by atoms with van der Waals surface area (Å²) in [6.45, 7) is 1.54. The Morgan fingerprint density at radius 1 is 1.40 bits per heavy atom. The summed E-state index contributed by atoms with van der Waals surface area (Å²) in [6.07, 6.45) is 1.12. The number of rotatable bonds is 7. The van der Waals surface area contributed by atoms with Crippen molar-refractivity contribution in [2.45, 2.75) is 38.8 Å². The van der Waals surface area contributed by atoms with Crippen LogP contribution in [0.3, 0.4) is 0 Å². The summed E-state index contributed by atoms with van der Waals surface area (Å²) >= 11 is 0. The Labute approximate surface area is 89.1 Å². The maximum absolute atomic E-state index is 13.2. The Kier molecular flexibility index (Phi) is 6.66. The number of carbonyl (C=O) groups excluding carboxylic acids is 1. The van der Waals surface area contributed by atoms with Gasteiger partial charge in [-0.15, -0.1) is 0 Å². The zero-order chi connectivity index (χ0) is 11.8. The third-order valence-electron chi connectivity index (χ3n) is 2.08. The van der Waals surface area contributed by atoms with Crippen LogP contribution in [0.4, 0.5) is 4.39 Å². The molecule has 0 saturated carbocycles. The number of halogens is 1. The average Bonchev–Trinajstić information content (AvgIpc) is 2.15. The van der Waals surface area contributed by atoms with Crippen LogP contribution in [0.25, 0.3) is 0 Å². The molecule has 0 aliphatic carbocycles. The number of hydrogen-bond donors (Lipinski definition) is 1. The Morgan fingerprint density at radius 2 is 2.00 bits per heavy atom. The number of carbonyl (C=O) groups is 2. The highest BCUT2D eigenvalue weighted by Gasteiger charge is 2.21. The molecule has 0 saturated heterocycles. The van der Waals surface area contributed by atoms with E-state index in [1.54, 1.807) is 0 Å². The van der Waals surface area contributed by atoms with Crippen LogP contribution in [0.2, 0.25) is 0 Å². The van der Waals surface area contributed by atoms with Crippen molar-refractivity contribution in [1.29, 1.82) is 0 Å². The lowest BCUT2D eigenvalue weighted by Crippen LogP contribution is -2.37. The second-order valence-electron chi connectivity index (χ2n) is 3.55. The van der Waals surface area contributed by atoms with Crippen LogP contribution < -0.4 is 0 Å². The molecule has 0 aromatic rings. The number of amides is 1. The summed E-state index contributed by atoms with van der Waals surface area (Å²) in [7, 11) is 1.29. The zero-order valence-corrected chi connectivity index (χ0v) is 9.20. The van der Waals surface area contributed by atoms with Gasteiger partial charge in [0, 0.05) is 7.05 Å². The summed E-state index contributed by atoms with van der Waals surface area (Å²) in [6, 6.07) is 0. The van der Waals surface area contributed by atoms with Crippen molar-refractivity contribution in [2.24, 2.45) is 0 Å². The number of hydrogen-bond acceptors (Lipinski definition) is 2. The van der Waals surface area contributed by atoms with E-state index in [4.69, 9.17) is 5.11 Å². The van der Waals surface area contributed by atoms with E-state index >= 15 is 0 Å². The molecule has 0 rings (SSSR count). The first-order chi connectivity index (χ1) is 6.99.